The molecular formula is C14H23N3. The average molecular weight is 233 g/mol. The van der Waals surface area contributed by atoms with Crippen molar-refractivity contribution >= 4 is 5.69 Å². The first-order valence-corrected chi connectivity index (χ1v) is 6.41. The minimum atomic E-state index is 0.550. The maximum Gasteiger partial charge on any atom is 0.0399 e. The largest absolute Gasteiger partial charge is 0.368 e. The first-order valence-electron chi connectivity index (χ1n) is 6.41. The number of hydrogen-bond acceptors (Lipinski definition) is 3. The monoisotopic (exact) mass is 233 g/mol. The van der Waals surface area contributed by atoms with Crippen molar-refractivity contribution in [2.75, 3.05) is 38.1 Å². The van der Waals surface area contributed by atoms with E-state index in [-0.39, 0.29) is 0 Å². The van der Waals surface area contributed by atoms with E-state index in [0.29, 0.717) is 6.04 Å². The molecule has 0 bridgehead atoms. The molecule has 3 heteroatoms. The zero-order valence-electron chi connectivity index (χ0n) is 11.1. The fourth-order valence-corrected chi connectivity index (χ4v) is 2.51. The molecule has 1 aliphatic heterocycles. The number of piperazine rings is 1. The molecule has 1 atom stereocenters. The predicted molar refractivity (Wildman–Crippen MR) is 73.8 cm³/mol. The second kappa shape index (κ2) is 5.52. The molecular weight excluding hydrogens is 210 g/mol. The molecule has 0 radical (unpaired) electrons. The van der Waals surface area contributed by atoms with E-state index in [9.17, 15) is 0 Å². The number of anilines is 1. The maximum atomic E-state index is 3.55. The Hall–Kier alpha value is -1.06. The smallest absolute Gasteiger partial charge is 0.0399 e. The molecule has 2 N–H and O–H groups in total. The number of benzene rings is 1. The molecule has 0 spiro atoms. The molecule has 1 fully saturated rings. The molecule has 1 unspecified atom stereocenters. The summed E-state index contributed by atoms with van der Waals surface area (Å²) in [6.07, 6.45) is 0. The van der Waals surface area contributed by atoms with Crippen LogP contribution < -0.4 is 15.5 Å². The van der Waals surface area contributed by atoms with Gasteiger partial charge in [-0.3, -0.25) is 0 Å². The van der Waals surface area contributed by atoms with Gasteiger partial charge in [-0.1, -0.05) is 12.1 Å². The molecule has 94 valence electrons. The summed E-state index contributed by atoms with van der Waals surface area (Å²) in [6, 6.07) is 7.14. The van der Waals surface area contributed by atoms with Crippen molar-refractivity contribution in [3.8, 4) is 0 Å². The molecule has 1 aliphatic rings. The van der Waals surface area contributed by atoms with Gasteiger partial charge in [0.1, 0.15) is 0 Å². The number of rotatable bonds is 3. The molecule has 2 rings (SSSR count). The third-order valence-corrected chi connectivity index (χ3v) is 3.62. The van der Waals surface area contributed by atoms with Gasteiger partial charge in [0.05, 0.1) is 0 Å². The van der Waals surface area contributed by atoms with Gasteiger partial charge in [-0.2, -0.15) is 0 Å². The van der Waals surface area contributed by atoms with Crippen molar-refractivity contribution < 1.29 is 0 Å². The molecule has 1 aromatic rings. The number of hydrogen-bond donors (Lipinski definition) is 2. The Kier molecular flexibility index (Phi) is 4.02. The molecule has 0 saturated carbocycles. The van der Waals surface area contributed by atoms with Crippen LogP contribution in [-0.4, -0.2) is 39.3 Å². The molecule has 1 aromatic carbocycles. The standard InChI is InChI=1S/C14H23N3/c1-11-5-4-6-14(12(11)2)17-8-7-16-13(10-17)9-15-3/h4-6,13,15-16H,7-10H2,1-3H3. The van der Waals surface area contributed by atoms with E-state index in [4.69, 9.17) is 0 Å². The summed E-state index contributed by atoms with van der Waals surface area (Å²) in [5.74, 6) is 0. The van der Waals surface area contributed by atoms with Crippen LogP contribution in [0.1, 0.15) is 11.1 Å². The van der Waals surface area contributed by atoms with Gasteiger partial charge in [-0.25, -0.2) is 0 Å². The van der Waals surface area contributed by atoms with Crippen molar-refractivity contribution in [1.29, 1.82) is 0 Å². The van der Waals surface area contributed by atoms with Gasteiger partial charge in [0, 0.05) is 37.9 Å². The van der Waals surface area contributed by atoms with E-state index >= 15 is 0 Å². The zero-order valence-corrected chi connectivity index (χ0v) is 11.1. The summed E-state index contributed by atoms with van der Waals surface area (Å²) in [5.41, 5.74) is 4.19. The molecule has 1 saturated heterocycles. The molecule has 3 nitrogen and oxygen atoms in total. The van der Waals surface area contributed by atoms with Crippen LogP contribution in [-0.2, 0) is 0 Å². The number of nitrogens with one attached hydrogen (secondary N) is 2. The third kappa shape index (κ3) is 2.79. The Bertz CT molecular complexity index is 374. The lowest BCUT2D eigenvalue weighted by Crippen LogP contribution is -2.54. The van der Waals surface area contributed by atoms with Gasteiger partial charge < -0.3 is 15.5 Å². The summed E-state index contributed by atoms with van der Waals surface area (Å²) in [5, 5.41) is 6.80. The number of aryl methyl sites for hydroxylation is 1. The highest BCUT2D eigenvalue weighted by atomic mass is 15.2. The lowest BCUT2D eigenvalue weighted by Gasteiger charge is -2.36. The summed E-state index contributed by atoms with van der Waals surface area (Å²) in [6.45, 7) is 8.70. The van der Waals surface area contributed by atoms with Crippen molar-refractivity contribution in [3.63, 3.8) is 0 Å². The first-order chi connectivity index (χ1) is 8.22. The highest BCUT2D eigenvalue weighted by molar-refractivity contribution is 5.56. The van der Waals surface area contributed by atoms with E-state index in [0.717, 1.165) is 26.2 Å². The van der Waals surface area contributed by atoms with Crippen LogP contribution in [0.15, 0.2) is 18.2 Å². The van der Waals surface area contributed by atoms with Gasteiger partial charge >= 0.3 is 0 Å². The molecule has 1 heterocycles. The second-order valence-electron chi connectivity index (χ2n) is 4.87. The Morgan fingerprint density at radius 2 is 2.24 bits per heavy atom. The topological polar surface area (TPSA) is 27.3 Å². The van der Waals surface area contributed by atoms with E-state index in [1.165, 1.54) is 16.8 Å². The van der Waals surface area contributed by atoms with E-state index < -0.39 is 0 Å². The van der Waals surface area contributed by atoms with Crippen molar-refractivity contribution in [3.05, 3.63) is 29.3 Å². The van der Waals surface area contributed by atoms with Gasteiger partial charge in [0.25, 0.3) is 0 Å². The van der Waals surface area contributed by atoms with Crippen LogP contribution in [0, 0.1) is 13.8 Å². The van der Waals surface area contributed by atoms with Crippen molar-refractivity contribution in [2.45, 2.75) is 19.9 Å². The number of likely N-dealkylation sites (N-methyl/N-ethyl adjacent to an activating group) is 1. The Labute approximate surface area is 104 Å². The normalized spacial score (nSPS) is 20.6. The van der Waals surface area contributed by atoms with E-state index in [1.807, 2.05) is 7.05 Å². The third-order valence-electron chi connectivity index (χ3n) is 3.62. The highest BCUT2D eigenvalue weighted by Gasteiger charge is 2.20. The van der Waals surface area contributed by atoms with Gasteiger partial charge in [-0.05, 0) is 38.1 Å². The van der Waals surface area contributed by atoms with Crippen LogP contribution in [0.4, 0.5) is 5.69 Å². The fraction of sp³-hybridized carbons (Fsp3) is 0.571. The van der Waals surface area contributed by atoms with Crippen LogP contribution in [0.2, 0.25) is 0 Å². The Morgan fingerprint density at radius 3 is 3.00 bits per heavy atom. The summed E-state index contributed by atoms with van der Waals surface area (Å²) in [7, 11) is 2.01. The van der Waals surface area contributed by atoms with Gasteiger partial charge in [0.15, 0.2) is 0 Å². The minimum absolute atomic E-state index is 0.550. The highest BCUT2D eigenvalue weighted by Crippen LogP contribution is 2.23. The summed E-state index contributed by atoms with van der Waals surface area (Å²) < 4.78 is 0. The van der Waals surface area contributed by atoms with Crippen LogP contribution in [0.5, 0.6) is 0 Å². The number of nitrogens with zero attached hydrogens (tertiary/aromatic N) is 1. The first kappa shape index (κ1) is 12.4. The molecule has 0 amide bonds. The van der Waals surface area contributed by atoms with Gasteiger partial charge in [-0.15, -0.1) is 0 Å². The van der Waals surface area contributed by atoms with Crippen LogP contribution in [0.25, 0.3) is 0 Å². The van der Waals surface area contributed by atoms with Crippen molar-refractivity contribution in [1.82, 2.24) is 10.6 Å². The fourth-order valence-electron chi connectivity index (χ4n) is 2.51. The summed E-state index contributed by atoms with van der Waals surface area (Å²) in [4.78, 5) is 2.50. The van der Waals surface area contributed by atoms with Gasteiger partial charge in [0.2, 0.25) is 0 Å². The minimum Gasteiger partial charge on any atom is -0.368 e. The predicted octanol–water partition coefficient (Wildman–Crippen LogP) is 1.30. The maximum absolute atomic E-state index is 3.55. The quantitative estimate of drug-likeness (QED) is 0.824. The lowest BCUT2D eigenvalue weighted by molar-refractivity contribution is 0.443. The summed E-state index contributed by atoms with van der Waals surface area (Å²) >= 11 is 0. The van der Waals surface area contributed by atoms with E-state index in [1.54, 1.807) is 0 Å². The molecule has 0 aliphatic carbocycles. The zero-order chi connectivity index (χ0) is 12.3. The van der Waals surface area contributed by atoms with Crippen molar-refractivity contribution in [2.24, 2.45) is 0 Å². The van der Waals surface area contributed by atoms with E-state index in [2.05, 4.69) is 47.6 Å². The van der Waals surface area contributed by atoms with Crippen LogP contribution in [0.3, 0.4) is 0 Å². The second-order valence-corrected chi connectivity index (χ2v) is 4.87. The van der Waals surface area contributed by atoms with Crippen LogP contribution >= 0.6 is 0 Å². The Balaban J connectivity index is 2.13. The average Bonchev–Trinajstić information content (AvgIpc) is 2.33. The Morgan fingerprint density at radius 1 is 1.41 bits per heavy atom. The molecule has 0 aromatic heterocycles. The molecule has 17 heavy (non-hydrogen) atoms. The lowest BCUT2D eigenvalue weighted by atomic mass is 10.1. The SMILES string of the molecule is CNCC1CN(c2cccc(C)c2C)CCN1.